The number of fused-ring (bicyclic) bond motifs is 1. The number of benzene rings is 2. The lowest BCUT2D eigenvalue weighted by Gasteiger charge is -2.08. The van der Waals surface area contributed by atoms with Crippen LogP contribution < -0.4 is 10.9 Å². The zero-order chi connectivity index (χ0) is 20.4. The fraction of sp³-hybridized carbons (Fsp3) is 0.100. The first-order chi connectivity index (χ1) is 14.0. The highest BCUT2D eigenvalue weighted by Crippen LogP contribution is 2.14. The quantitative estimate of drug-likeness (QED) is 0.563. The summed E-state index contributed by atoms with van der Waals surface area (Å²) in [7, 11) is 0. The van der Waals surface area contributed by atoms with Crippen molar-refractivity contribution in [3.05, 3.63) is 83.0 Å². The molecular formula is C20H15F2N5O2. The number of carbonyl (C=O) groups excluding carboxylic acids is 1. The highest BCUT2D eigenvalue weighted by Gasteiger charge is 2.12. The van der Waals surface area contributed by atoms with Crippen LogP contribution in [-0.4, -0.2) is 25.2 Å². The maximum Gasteiger partial charge on any atom is 0.264 e. The second kappa shape index (κ2) is 7.63. The van der Waals surface area contributed by atoms with Gasteiger partial charge < -0.3 is 5.32 Å². The Morgan fingerprint density at radius 2 is 1.86 bits per heavy atom. The van der Waals surface area contributed by atoms with Crippen LogP contribution in [0.5, 0.6) is 0 Å². The van der Waals surface area contributed by atoms with E-state index in [-0.39, 0.29) is 35.6 Å². The van der Waals surface area contributed by atoms with Gasteiger partial charge in [0.25, 0.3) is 5.56 Å². The number of rotatable bonds is 5. The second-order valence-corrected chi connectivity index (χ2v) is 6.32. The number of nitrogens with one attached hydrogen (secondary N) is 1. The molecule has 4 rings (SSSR count). The molecule has 146 valence electrons. The fourth-order valence-corrected chi connectivity index (χ4v) is 2.89. The molecule has 0 aliphatic heterocycles. The molecule has 0 aliphatic rings. The van der Waals surface area contributed by atoms with Crippen molar-refractivity contribution >= 4 is 22.6 Å². The van der Waals surface area contributed by atoms with Gasteiger partial charge in [0.15, 0.2) is 5.65 Å². The normalized spacial score (nSPS) is 11.0. The van der Waals surface area contributed by atoms with Crippen molar-refractivity contribution in [3.63, 3.8) is 0 Å². The predicted molar refractivity (Wildman–Crippen MR) is 103 cm³/mol. The number of aromatic nitrogens is 4. The number of amides is 1. The van der Waals surface area contributed by atoms with Crippen molar-refractivity contribution in [1.82, 2.24) is 19.3 Å². The lowest BCUT2D eigenvalue weighted by molar-refractivity contribution is -0.116. The summed E-state index contributed by atoms with van der Waals surface area (Å²) in [6.07, 6.45) is 2.73. The van der Waals surface area contributed by atoms with Crippen LogP contribution in [0.15, 0.2) is 65.8 Å². The lowest BCUT2D eigenvalue weighted by atomic mass is 10.3. The molecule has 0 radical (unpaired) electrons. The Morgan fingerprint density at radius 1 is 1.07 bits per heavy atom. The average molecular weight is 395 g/mol. The third kappa shape index (κ3) is 3.88. The Balaban J connectivity index is 1.51. The van der Waals surface area contributed by atoms with E-state index in [0.29, 0.717) is 17.0 Å². The van der Waals surface area contributed by atoms with Crippen LogP contribution in [0.2, 0.25) is 0 Å². The molecule has 2 aromatic carbocycles. The first-order valence-electron chi connectivity index (χ1n) is 8.76. The molecular weight excluding hydrogens is 380 g/mol. The minimum Gasteiger partial charge on any atom is -0.326 e. The van der Waals surface area contributed by atoms with Crippen molar-refractivity contribution in [1.29, 1.82) is 0 Å². The third-order valence-electron chi connectivity index (χ3n) is 4.31. The van der Waals surface area contributed by atoms with Crippen LogP contribution in [-0.2, 0) is 11.3 Å². The topological polar surface area (TPSA) is 81.8 Å². The summed E-state index contributed by atoms with van der Waals surface area (Å²) in [6, 6.07) is 11.2. The SMILES string of the molecule is O=C(CCn1cnc2c(cnn2-c2ccc(F)cc2)c1=O)Nc1cccc(F)c1. The Kier molecular flexibility index (Phi) is 4.86. The van der Waals surface area contributed by atoms with Crippen molar-refractivity contribution in [3.8, 4) is 5.69 Å². The van der Waals surface area contributed by atoms with E-state index >= 15 is 0 Å². The maximum atomic E-state index is 13.2. The largest absolute Gasteiger partial charge is 0.326 e. The van der Waals surface area contributed by atoms with Gasteiger partial charge in [0.05, 0.1) is 18.2 Å². The molecule has 4 aromatic rings. The number of aryl methyl sites for hydroxylation is 1. The van der Waals surface area contributed by atoms with Gasteiger partial charge in [0, 0.05) is 18.7 Å². The van der Waals surface area contributed by atoms with Gasteiger partial charge in [0.1, 0.15) is 17.0 Å². The molecule has 9 heteroatoms. The Hall–Kier alpha value is -3.88. The maximum absolute atomic E-state index is 13.2. The minimum absolute atomic E-state index is 0.00963. The van der Waals surface area contributed by atoms with Crippen molar-refractivity contribution in [2.75, 3.05) is 5.32 Å². The zero-order valence-electron chi connectivity index (χ0n) is 15.0. The Labute approximate surface area is 163 Å². The second-order valence-electron chi connectivity index (χ2n) is 6.32. The predicted octanol–water partition coefficient (Wildman–Crippen LogP) is 2.89. The first kappa shape index (κ1) is 18.5. The molecule has 7 nitrogen and oxygen atoms in total. The standard InChI is InChI=1S/C20H15F2N5O2/c21-13-4-6-16(7-5-13)27-19-17(11-24-27)20(29)26(12-23-19)9-8-18(28)25-15-3-1-2-14(22)10-15/h1-7,10-12H,8-9H2,(H,25,28). The monoisotopic (exact) mass is 395 g/mol. The van der Waals surface area contributed by atoms with E-state index in [1.54, 1.807) is 6.07 Å². The van der Waals surface area contributed by atoms with Crippen LogP contribution in [0, 0.1) is 11.6 Å². The molecule has 0 aliphatic carbocycles. The smallest absolute Gasteiger partial charge is 0.264 e. The molecule has 1 N–H and O–H groups in total. The van der Waals surface area contributed by atoms with E-state index in [0.717, 1.165) is 0 Å². The number of hydrogen-bond donors (Lipinski definition) is 1. The van der Waals surface area contributed by atoms with Gasteiger partial charge in [-0.3, -0.25) is 14.2 Å². The Bertz CT molecular complexity index is 1250. The molecule has 0 atom stereocenters. The van der Waals surface area contributed by atoms with Gasteiger partial charge in [-0.1, -0.05) is 6.07 Å². The molecule has 0 bridgehead atoms. The summed E-state index contributed by atoms with van der Waals surface area (Å²) in [6.45, 7) is 0.102. The van der Waals surface area contributed by atoms with Gasteiger partial charge >= 0.3 is 0 Å². The third-order valence-corrected chi connectivity index (χ3v) is 4.31. The van der Waals surface area contributed by atoms with Crippen LogP contribution in [0.3, 0.4) is 0 Å². The minimum atomic E-state index is -0.452. The number of halogens is 2. The lowest BCUT2D eigenvalue weighted by Crippen LogP contribution is -2.23. The summed E-state index contributed by atoms with van der Waals surface area (Å²) in [5.41, 5.74) is 0.904. The van der Waals surface area contributed by atoms with Gasteiger partial charge in [-0.2, -0.15) is 5.10 Å². The average Bonchev–Trinajstić information content (AvgIpc) is 3.13. The zero-order valence-corrected chi connectivity index (χ0v) is 15.0. The first-order valence-corrected chi connectivity index (χ1v) is 8.76. The molecule has 0 saturated heterocycles. The molecule has 1 amide bonds. The molecule has 2 aromatic heterocycles. The Morgan fingerprint density at radius 3 is 2.62 bits per heavy atom. The summed E-state index contributed by atoms with van der Waals surface area (Å²) < 4.78 is 29.1. The molecule has 0 unspecified atom stereocenters. The highest BCUT2D eigenvalue weighted by molar-refractivity contribution is 5.90. The summed E-state index contributed by atoms with van der Waals surface area (Å²) >= 11 is 0. The van der Waals surface area contributed by atoms with E-state index in [2.05, 4.69) is 15.4 Å². The van der Waals surface area contributed by atoms with Crippen LogP contribution in [0.4, 0.5) is 14.5 Å². The van der Waals surface area contributed by atoms with Crippen LogP contribution in [0.1, 0.15) is 6.42 Å². The summed E-state index contributed by atoms with van der Waals surface area (Å²) in [5.74, 6) is -1.19. The molecule has 0 spiro atoms. The van der Waals surface area contributed by atoms with Crippen molar-refractivity contribution in [2.45, 2.75) is 13.0 Å². The van der Waals surface area contributed by atoms with Gasteiger partial charge in [-0.05, 0) is 42.5 Å². The van der Waals surface area contributed by atoms with Crippen molar-refractivity contribution < 1.29 is 13.6 Å². The highest BCUT2D eigenvalue weighted by atomic mass is 19.1. The van der Waals surface area contributed by atoms with E-state index in [1.807, 2.05) is 0 Å². The van der Waals surface area contributed by atoms with Gasteiger partial charge in [-0.25, -0.2) is 18.4 Å². The molecule has 2 heterocycles. The fourth-order valence-electron chi connectivity index (χ4n) is 2.89. The number of anilines is 1. The van der Waals surface area contributed by atoms with E-state index in [1.165, 1.54) is 64.2 Å². The van der Waals surface area contributed by atoms with Crippen LogP contribution in [0.25, 0.3) is 16.7 Å². The van der Waals surface area contributed by atoms with Crippen LogP contribution >= 0.6 is 0 Å². The molecule has 29 heavy (non-hydrogen) atoms. The van der Waals surface area contributed by atoms with E-state index in [9.17, 15) is 18.4 Å². The summed E-state index contributed by atoms with van der Waals surface area (Å²) in [4.78, 5) is 29.0. The number of nitrogens with zero attached hydrogens (tertiary/aromatic N) is 4. The molecule has 0 saturated carbocycles. The van der Waals surface area contributed by atoms with Crippen molar-refractivity contribution in [2.24, 2.45) is 0 Å². The van der Waals surface area contributed by atoms with E-state index < -0.39 is 5.82 Å². The number of carbonyl (C=O) groups is 1. The number of hydrogen-bond acceptors (Lipinski definition) is 4. The summed E-state index contributed by atoms with van der Waals surface area (Å²) in [5, 5.41) is 7.02. The van der Waals surface area contributed by atoms with Gasteiger partial charge in [0.2, 0.25) is 5.91 Å². The van der Waals surface area contributed by atoms with E-state index in [4.69, 9.17) is 0 Å². The van der Waals surface area contributed by atoms with Gasteiger partial charge in [-0.15, -0.1) is 0 Å². The molecule has 0 fully saturated rings.